The molecule has 0 saturated carbocycles. The van der Waals surface area contributed by atoms with Crippen LogP contribution in [0.3, 0.4) is 0 Å². The number of hydrazine groups is 1. The summed E-state index contributed by atoms with van der Waals surface area (Å²) >= 11 is 0. The number of nitrogens with one attached hydrogen (secondary N) is 1. The van der Waals surface area contributed by atoms with E-state index in [1.807, 2.05) is 0 Å². The molecular weight excluding hydrogens is 306 g/mol. The predicted octanol–water partition coefficient (Wildman–Crippen LogP) is 3.03. The summed E-state index contributed by atoms with van der Waals surface area (Å²) in [5.41, 5.74) is 7.57. The Kier molecular flexibility index (Phi) is 3.26. The van der Waals surface area contributed by atoms with Crippen LogP contribution < -0.4 is 11.3 Å². The monoisotopic (exact) mass is 327 g/mol. The summed E-state index contributed by atoms with van der Waals surface area (Å²) < 4.78 is 12.0. The van der Waals surface area contributed by atoms with Crippen LogP contribution in [0.5, 0.6) is 0 Å². The second-order valence-electron chi connectivity index (χ2n) is 7.16. The van der Waals surface area contributed by atoms with Gasteiger partial charge in [-0.25, -0.2) is 20.8 Å². The maximum atomic E-state index is 6.03. The van der Waals surface area contributed by atoms with E-state index in [0.717, 1.165) is 28.6 Å². The van der Waals surface area contributed by atoms with E-state index in [4.69, 9.17) is 20.0 Å². The molecule has 4 heterocycles. The van der Waals surface area contributed by atoms with Crippen LogP contribution in [0, 0.1) is 0 Å². The highest BCUT2D eigenvalue weighted by molar-refractivity contribution is 6.06. The number of anilines is 1. The van der Waals surface area contributed by atoms with Crippen molar-refractivity contribution in [2.24, 2.45) is 5.84 Å². The van der Waals surface area contributed by atoms with Crippen molar-refractivity contribution in [3.05, 3.63) is 23.1 Å². The van der Waals surface area contributed by atoms with E-state index in [9.17, 15) is 0 Å². The zero-order valence-corrected chi connectivity index (χ0v) is 14.3. The molecule has 0 bridgehead atoms. The Morgan fingerprint density at radius 3 is 2.75 bits per heavy atom. The van der Waals surface area contributed by atoms with Gasteiger partial charge in [-0.3, -0.25) is 0 Å². The van der Waals surface area contributed by atoms with Gasteiger partial charge in [0.25, 0.3) is 0 Å². The van der Waals surface area contributed by atoms with Crippen molar-refractivity contribution in [3.8, 4) is 0 Å². The fraction of sp³-hybridized carbons (Fsp3) is 0.471. The van der Waals surface area contributed by atoms with Crippen LogP contribution >= 0.6 is 0 Å². The third kappa shape index (κ3) is 2.16. The molecule has 3 aromatic heterocycles. The summed E-state index contributed by atoms with van der Waals surface area (Å²) in [6.45, 7) is 9.01. The standard InChI is InChI=1S/C17H21N5O2/c1-8(2)12-10-6-23-17(3,4)5-9(10)11-13-14(24-16(11)21-12)15(22-18)20-7-19-13/h7-8H,5-6,18H2,1-4H3,(H,19,20,22). The molecule has 0 atom stereocenters. The number of ether oxygens (including phenoxy) is 1. The SMILES string of the molecule is CC(C)c1nc2oc3c(NN)ncnc3c2c2c1COC(C)(C)C2. The molecule has 1 aliphatic heterocycles. The second kappa shape index (κ2) is 5.12. The van der Waals surface area contributed by atoms with Crippen LogP contribution in [-0.4, -0.2) is 20.6 Å². The van der Waals surface area contributed by atoms with Crippen LogP contribution in [0.1, 0.15) is 50.4 Å². The summed E-state index contributed by atoms with van der Waals surface area (Å²) in [7, 11) is 0. The van der Waals surface area contributed by atoms with Gasteiger partial charge in [-0.05, 0) is 25.3 Å². The number of nitrogens with zero attached hydrogens (tertiary/aromatic N) is 3. The molecule has 3 aromatic rings. The minimum atomic E-state index is -0.235. The summed E-state index contributed by atoms with van der Waals surface area (Å²) in [6.07, 6.45) is 2.27. The first kappa shape index (κ1) is 15.3. The number of rotatable bonds is 2. The average molecular weight is 327 g/mol. The number of hydrogen-bond acceptors (Lipinski definition) is 7. The maximum Gasteiger partial charge on any atom is 0.229 e. The third-order valence-electron chi connectivity index (χ3n) is 4.54. The molecule has 0 unspecified atom stereocenters. The first-order valence-electron chi connectivity index (χ1n) is 8.10. The normalized spacial score (nSPS) is 16.8. The molecule has 0 fully saturated rings. The van der Waals surface area contributed by atoms with E-state index in [0.29, 0.717) is 23.7 Å². The lowest BCUT2D eigenvalue weighted by Crippen LogP contribution is -2.33. The summed E-state index contributed by atoms with van der Waals surface area (Å²) in [5, 5.41) is 0.944. The lowest BCUT2D eigenvalue weighted by atomic mass is 9.87. The highest BCUT2D eigenvalue weighted by Crippen LogP contribution is 2.40. The van der Waals surface area contributed by atoms with Crippen LogP contribution in [0.25, 0.3) is 22.2 Å². The van der Waals surface area contributed by atoms with Gasteiger partial charge in [0, 0.05) is 12.0 Å². The highest BCUT2D eigenvalue weighted by atomic mass is 16.5. The fourth-order valence-corrected chi connectivity index (χ4v) is 3.41. The van der Waals surface area contributed by atoms with Crippen molar-refractivity contribution < 1.29 is 9.15 Å². The van der Waals surface area contributed by atoms with Crippen LogP contribution in [-0.2, 0) is 17.8 Å². The molecule has 1 aliphatic rings. The molecule has 0 spiro atoms. The fourth-order valence-electron chi connectivity index (χ4n) is 3.41. The van der Waals surface area contributed by atoms with Gasteiger partial charge in [0.2, 0.25) is 5.71 Å². The average Bonchev–Trinajstić information content (AvgIpc) is 2.91. The summed E-state index contributed by atoms with van der Waals surface area (Å²) in [5.74, 6) is 6.30. The van der Waals surface area contributed by atoms with Crippen LogP contribution in [0.2, 0.25) is 0 Å². The minimum absolute atomic E-state index is 0.235. The van der Waals surface area contributed by atoms with Gasteiger partial charge in [0.1, 0.15) is 11.8 Å². The molecule has 126 valence electrons. The van der Waals surface area contributed by atoms with Gasteiger partial charge in [-0.2, -0.15) is 0 Å². The van der Waals surface area contributed by atoms with Gasteiger partial charge in [-0.15, -0.1) is 0 Å². The maximum absolute atomic E-state index is 6.03. The number of aromatic nitrogens is 3. The molecule has 4 rings (SSSR count). The van der Waals surface area contributed by atoms with Crippen molar-refractivity contribution in [3.63, 3.8) is 0 Å². The van der Waals surface area contributed by atoms with E-state index in [1.165, 1.54) is 11.9 Å². The van der Waals surface area contributed by atoms with Crippen LogP contribution in [0.15, 0.2) is 10.7 Å². The Hall–Kier alpha value is -2.25. The number of pyridine rings is 1. The molecule has 0 aliphatic carbocycles. The molecule has 3 N–H and O–H groups in total. The first-order chi connectivity index (χ1) is 11.4. The highest BCUT2D eigenvalue weighted by Gasteiger charge is 2.32. The summed E-state index contributed by atoms with van der Waals surface area (Å²) in [6, 6.07) is 0. The van der Waals surface area contributed by atoms with E-state index < -0.39 is 0 Å². The molecule has 0 aromatic carbocycles. The smallest absolute Gasteiger partial charge is 0.229 e. The number of fused-ring (bicyclic) bond motifs is 5. The van der Waals surface area contributed by atoms with Gasteiger partial charge in [0.05, 0.1) is 23.3 Å². The number of furan rings is 1. The number of nitrogen functional groups attached to an aromatic ring is 1. The van der Waals surface area contributed by atoms with E-state index >= 15 is 0 Å². The quantitative estimate of drug-likeness (QED) is 0.551. The number of nitrogens with two attached hydrogens (primary N) is 1. The van der Waals surface area contributed by atoms with Gasteiger partial charge in [0.15, 0.2) is 11.4 Å². The van der Waals surface area contributed by atoms with Crippen molar-refractivity contribution in [2.45, 2.75) is 52.2 Å². The van der Waals surface area contributed by atoms with Gasteiger partial charge < -0.3 is 14.6 Å². The zero-order chi connectivity index (χ0) is 17.1. The van der Waals surface area contributed by atoms with Gasteiger partial charge >= 0.3 is 0 Å². The molecule has 7 heteroatoms. The molecule has 24 heavy (non-hydrogen) atoms. The largest absolute Gasteiger partial charge is 0.432 e. The van der Waals surface area contributed by atoms with Crippen LogP contribution in [0.4, 0.5) is 5.82 Å². The second-order valence-corrected chi connectivity index (χ2v) is 7.16. The lowest BCUT2D eigenvalue weighted by molar-refractivity contribution is -0.0402. The molecular formula is C17H21N5O2. The Morgan fingerprint density at radius 1 is 1.25 bits per heavy atom. The van der Waals surface area contributed by atoms with Crippen molar-refractivity contribution >= 4 is 28.0 Å². The third-order valence-corrected chi connectivity index (χ3v) is 4.54. The Balaban J connectivity index is 2.13. The topological polar surface area (TPSA) is 99.1 Å². The first-order valence-corrected chi connectivity index (χ1v) is 8.10. The van der Waals surface area contributed by atoms with Crippen molar-refractivity contribution in [1.29, 1.82) is 0 Å². The van der Waals surface area contributed by atoms with E-state index in [1.54, 1.807) is 0 Å². The predicted molar refractivity (Wildman–Crippen MR) is 91.6 cm³/mol. The Morgan fingerprint density at radius 2 is 2.04 bits per heavy atom. The molecule has 7 nitrogen and oxygen atoms in total. The van der Waals surface area contributed by atoms with Crippen molar-refractivity contribution in [1.82, 2.24) is 15.0 Å². The molecule has 0 amide bonds. The number of hydrogen-bond donors (Lipinski definition) is 2. The van der Waals surface area contributed by atoms with Crippen molar-refractivity contribution in [2.75, 3.05) is 5.43 Å². The molecule has 0 radical (unpaired) electrons. The molecule has 0 saturated heterocycles. The minimum Gasteiger partial charge on any atom is -0.432 e. The van der Waals surface area contributed by atoms with E-state index in [2.05, 4.69) is 43.1 Å². The Labute approximate surface area is 139 Å². The van der Waals surface area contributed by atoms with Gasteiger partial charge in [-0.1, -0.05) is 13.8 Å². The Bertz CT molecular complexity index is 945. The zero-order valence-electron chi connectivity index (χ0n) is 14.3. The lowest BCUT2D eigenvalue weighted by Gasteiger charge is -2.33. The summed E-state index contributed by atoms with van der Waals surface area (Å²) in [4.78, 5) is 13.3. The van der Waals surface area contributed by atoms with E-state index in [-0.39, 0.29) is 11.5 Å².